The fourth-order valence-corrected chi connectivity index (χ4v) is 11.5. The van der Waals surface area contributed by atoms with E-state index >= 15 is 0 Å². The van der Waals surface area contributed by atoms with E-state index in [0.717, 1.165) is 57.8 Å². The Morgan fingerprint density at radius 2 is 0.412 bits per heavy atom. The number of hydrogen-bond acceptors (Lipinski definition) is 6. The second-order valence-corrected chi connectivity index (χ2v) is 25.2. The second-order valence-electron chi connectivity index (χ2n) is 25.2. The summed E-state index contributed by atoms with van der Waals surface area (Å²) in [5.74, 6) is -0.825. The maximum absolute atomic E-state index is 13.0. The molecule has 0 radical (unpaired) electrons. The van der Waals surface area contributed by atoms with Gasteiger partial charge in [0.25, 0.3) is 0 Å². The van der Waals surface area contributed by atoms with Crippen LogP contribution in [0.4, 0.5) is 0 Å². The van der Waals surface area contributed by atoms with Crippen LogP contribution in [0, 0.1) is 0 Å². The molecule has 0 aliphatic heterocycles. The van der Waals surface area contributed by atoms with Gasteiger partial charge in [-0.3, -0.25) is 14.4 Å². The minimum atomic E-state index is -0.768. The molecule has 1 unspecified atom stereocenters. The standard InChI is InChI=1S/C74H142O6/c1-4-7-10-13-16-19-22-25-28-31-34-36-38-40-43-46-49-52-55-58-61-64-67-73(76)79-70-71(69-78-72(75)66-63-60-57-54-51-48-45-42-39-33-30-27-24-21-18-15-12-9-6-3)80-74(77)68-65-62-59-56-53-50-47-44-41-37-35-32-29-26-23-20-17-14-11-8-5-2/h32,35,71H,4-31,33-34,36-70H2,1-3H3/b35-32-. The van der Waals surface area contributed by atoms with Crippen LogP contribution in [0.25, 0.3) is 0 Å². The number of rotatable bonds is 69. The largest absolute Gasteiger partial charge is 0.462 e. The lowest BCUT2D eigenvalue weighted by atomic mass is 10.0. The predicted molar refractivity (Wildman–Crippen MR) is 349 cm³/mol. The second kappa shape index (κ2) is 69.6. The summed E-state index contributed by atoms with van der Waals surface area (Å²) in [5, 5.41) is 0. The van der Waals surface area contributed by atoms with Crippen molar-refractivity contribution < 1.29 is 28.6 Å². The summed E-state index contributed by atoms with van der Waals surface area (Å²) < 4.78 is 17.0. The van der Waals surface area contributed by atoms with Gasteiger partial charge in [-0.05, 0) is 44.9 Å². The van der Waals surface area contributed by atoms with Crippen molar-refractivity contribution in [2.45, 2.75) is 431 Å². The van der Waals surface area contributed by atoms with E-state index in [0.29, 0.717) is 19.3 Å². The Kier molecular flexibility index (Phi) is 68.0. The van der Waals surface area contributed by atoms with Gasteiger partial charge in [0, 0.05) is 19.3 Å². The Balaban J connectivity index is 4.28. The summed E-state index contributed by atoms with van der Waals surface area (Å²) in [6, 6.07) is 0. The lowest BCUT2D eigenvalue weighted by Gasteiger charge is -2.18. The van der Waals surface area contributed by atoms with E-state index in [1.807, 2.05) is 0 Å². The molecule has 6 heteroatoms. The highest BCUT2D eigenvalue weighted by molar-refractivity contribution is 5.71. The van der Waals surface area contributed by atoms with Gasteiger partial charge in [0.2, 0.25) is 0 Å². The average molecular weight is 1130 g/mol. The van der Waals surface area contributed by atoms with Gasteiger partial charge < -0.3 is 14.2 Å². The molecular formula is C74H142O6. The Bertz CT molecular complexity index is 1250. The van der Waals surface area contributed by atoms with Crippen molar-refractivity contribution in [3.05, 3.63) is 12.2 Å². The van der Waals surface area contributed by atoms with Gasteiger partial charge in [0.15, 0.2) is 6.10 Å². The zero-order valence-corrected chi connectivity index (χ0v) is 54.6. The number of ether oxygens (including phenoxy) is 3. The number of unbranched alkanes of at least 4 members (excludes halogenated alkanes) is 56. The summed E-state index contributed by atoms with van der Waals surface area (Å²) in [7, 11) is 0. The van der Waals surface area contributed by atoms with Gasteiger partial charge in [-0.25, -0.2) is 0 Å². The molecule has 0 fully saturated rings. The maximum atomic E-state index is 13.0. The van der Waals surface area contributed by atoms with Gasteiger partial charge in [-0.15, -0.1) is 0 Å². The first-order valence-electron chi connectivity index (χ1n) is 36.7. The molecule has 474 valence electrons. The van der Waals surface area contributed by atoms with Crippen LogP contribution in [0.2, 0.25) is 0 Å². The van der Waals surface area contributed by atoms with E-state index in [2.05, 4.69) is 32.9 Å². The van der Waals surface area contributed by atoms with Crippen LogP contribution in [0.1, 0.15) is 425 Å². The molecule has 0 heterocycles. The van der Waals surface area contributed by atoms with Gasteiger partial charge >= 0.3 is 17.9 Å². The lowest BCUT2D eigenvalue weighted by molar-refractivity contribution is -0.167. The number of hydrogen-bond donors (Lipinski definition) is 0. The van der Waals surface area contributed by atoms with Crippen molar-refractivity contribution in [1.82, 2.24) is 0 Å². The summed E-state index contributed by atoms with van der Waals surface area (Å²) in [5.41, 5.74) is 0. The molecule has 0 N–H and O–H groups in total. The van der Waals surface area contributed by atoms with E-state index in [-0.39, 0.29) is 31.1 Å². The number of esters is 3. The monoisotopic (exact) mass is 1130 g/mol. The smallest absolute Gasteiger partial charge is 0.306 e. The molecule has 0 amide bonds. The molecule has 0 bridgehead atoms. The third-order valence-electron chi connectivity index (χ3n) is 17.0. The highest BCUT2D eigenvalue weighted by atomic mass is 16.6. The van der Waals surface area contributed by atoms with Crippen LogP contribution in [0.5, 0.6) is 0 Å². The van der Waals surface area contributed by atoms with Gasteiger partial charge in [-0.1, -0.05) is 373 Å². The molecule has 0 aliphatic rings. The van der Waals surface area contributed by atoms with Gasteiger partial charge in [-0.2, -0.15) is 0 Å². The van der Waals surface area contributed by atoms with Crippen LogP contribution < -0.4 is 0 Å². The molecular weight excluding hydrogens is 985 g/mol. The summed E-state index contributed by atoms with van der Waals surface area (Å²) in [6.45, 7) is 6.74. The Labute approximate surface area is 501 Å². The number of carbonyl (C=O) groups is 3. The normalized spacial score (nSPS) is 12.0. The van der Waals surface area contributed by atoms with Crippen molar-refractivity contribution in [3.8, 4) is 0 Å². The van der Waals surface area contributed by atoms with Crippen LogP contribution in [-0.2, 0) is 28.6 Å². The molecule has 0 aromatic rings. The lowest BCUT2D eigenvalue weighted by Crippen LogP contribution is -2.30. The van der Waals surface area contributed by atoms with Gasteiger partial charge in [0.1, 0.15) is 13.2 Å². The molecule has 0 spiro atoms. The zero-order valence-electron chi connectivity index (χ0n) is 54.6. The summed E-state index contributed by atoms with van der Waals surface area (Å²) >= 11 is 0. The molecule has 0 rings (SSSR count). The number of carbonyl (C=O) groups excluding carboxylic acids is 3. The minimum absolute atomic E-state index is 0.0635. The van der Waals surface area contributed by atoms with E-state index in [1.54, 1.807) is 0 Å². The van der Waals surface area contributed by atoms with E-state index in [4.69, 9.17) is 14.2 Å². The molecule has 0 aromatic heterocycles. The average Bonchev–Trinajstić information content (AvgIpc) is 3.46. The molecule has 1 atom stereocenters. The quantitative estimate of drug-likeness (QED) is 0.0261. The first-order chi connectivity index (χ1) is 39.5. The highest BCUT2D eigenvalue weighted by Gasteiger charge is 2.20. The summed E-state index contributed by atoms with van der Waals surface area (Å²) in [4.78, 5) is 38.5. The first-order valence-corrected chi connectivity index (χ1v) is 36.7. The predicted octanol–water partition coefficient (Wildman–Crippen LogP) is 25.2. The zero-order chi connectivity index (χ0) is 57.8. The van der Waals surface area contributed by atoms with Crippen molar-refractivity contribution in [1.29, 1.82) is 0 Å². The third kappa shape index (κ3) is 66.9. The Morgan fingerprint density at radius 3 is 0.625 bits per heavy atom. The third-order valence-corrected chi connectivity index (χ3v) is 17.0. The first kappa shape index (κ1) is 78.1. The van der Waals surface area contributed by atoms with Crippen LogP contribution in [0.15, 0.2) is 12.2 Å². The van der Waals surface area contributed by atoms with Gasteiger partial charge in [0.05, 0.1) is 0 Å². The number of allylic oxidation sites excluding steroid dienone is 2. The van der Waals surface area contributed by atoms with Crippen molar-refractivity contribution in [2.24, 2.45) is 0 Å². The fraction of sp³-hybridized carbons (Fsp3) is 0.932. The molecule has 0 aliphatic carbocycles. The maximum Gasteiger partial charge on any atom is 0.306 e. The molecule has 80 heavy (non-hydrogen) atoms. The topological polar surface area (TPSA) is 78.9 Å². The van der Waals surface area contributed by atoms with Crippen molar-refractivity contribution in [3.63, 3.8) is 0 Å². The molecule has 0 aromatic carbocycles. The fourth-order valence-electron chi connectivity index (χ4n) is 11.5. The van der Waals surface area contributed by atoms with E-state index < -0.39 is 6.10 Å². The summed E-state index contributed by atoms with van der Waals surface area (Å²) in [6.07, 6.45) is 83.8. The highest BCUT2D eigenvalue weighted by Crippen LogP contribution is 2.19. The van der Waals surface area contributed by atoms with E-state index in [9.17, 15) is 14.4 Å². The molecule has 0 saturated carbocycles. The molecule has 6 nitrogen and oxygen atoms in total. The Morgan fingerprint density at radius 1 is 0.237 bits per heavy atom. The van der Waals surface area contributed by atoms with E-state index in [1.165, 1.54) is 327 Å². The van der Waals surface area contributed by atoms with Crippen molar-refractivity contribution in [2.75, 3.05) is 13.2 Å². The van der Waals surface area contributed by atoms with Crippen molar-refractivity contribution >= 4 is 17.9 Å². The molecule has 0 saturated heterocycles. The van der Waals surface area contributed by atoms with Crippen LogP contribution in [0.3, 0.4) is 0 Å². The van der Waals surface area contributed by atoms with Crippen LogP contribution in [-0.4, -0.2) is 37.2 Å². The minimum Gasteiger partial charge on any atom is -0.462 e. The van der Waals surface area contributed by atoms with Crippen LogP contribution >= 0.6 is 0 Å². The SMILES string of the molecule is CCCCCCCCCC/C=C\CCCCCCCCCCCC(=O)OC(COC(=O)CCCCCCCCCCCCCCCCCCCCC)COC(=O)CCCCCCCCCCCCCCCCCCCCCCCC. The Hall–Kier alpha value is -1.85.